The number of nitrogens with one attached hydrogen (secondary N) is 1. The fourth-order valence-electron chi connectivity index (χ4n) is 3.10. The van der Waals surface area contributed by atoms with Crippen molar-refractivity contribution in [1.29, 1.82) is 0 Å². The highest BCUT2D eigenvalue weighted by molar-refractivity contribution is 6.29. The maximum atomic E-state index is 14.4. The molecule has 3 N–H and O–H groups in total. The number of anilines is 1. The summed E-state index contributed by atoms with van der Waals surface area (Å²) in [5, 5.41) is 1.41. The molecule has 0 aromatic carbocycles. The monoisotopic (exact) mass is 381 g/mol. The van der Waals surface area contributed by atoms with Crippen LogP contribution in [0.5, 0.6) is 0 Å². The number of hydrogen-bond donors (Lipinski definition) is 2. The second-order valence-electron chi connectivity index (χ2n) is 6.55. The smallest absolute Gasteiger partial charge is 0.218 e. The van der Waals surface area contributed by atoms with E-state index >= 15 is 0 Å². The summed E-state index contributed by atoms with van der Waals surface area (Å²) in [7, 11) is 0. The molecular weight excluding hydrogens is 365 g/mol. The molecule has 0 radical (unpaired) electrons. The van der Waals surface area contributed by atoms with E-state index in [2.05, 4.69) is 19.9 Å². The number of hydrogen-bond acceptors (Lipinski definition) is 4. The quantitative estimate of drug-likeness (QED) is 0.519. The van der Waals surface area contributed by atoms with Crippen LogP contribution in [0, 0.1) is 12.9 Å². The molecule has 4 aromatic rings. The minimum atomic E-state index is -0.555. The van der Waals surface area contributed by atoms with E-state index in [0.717, 1.165) is 33.3 Å². The SMILES string of the molecule is Cc1cnc2[nH]cc(Cc3cc(Cc4ccc(Cl)nc4)c(N)nc3F)c2c1. The Hall–Kier alpha value is -2.99. The lowest BCUT2D eigenvalue weighted by Gasteiger charge is -2.09. The van der Waals surface area contributed by atoms with Crippen LogP contribution in [0.15, 0.2) is 42.9 Å². The van der Waals surface area contributed by atoms with Crippen molar-refractivity contribution in [2.75, 3.05) is 5.73 Å². The van der Waals surface area contributed by atoms with E-state index in [0.29, 0.717) is 23.6 Å². The highest BCUT2D eigenvalue weighted by Gasteiger charge is 2.14. The molecule has 27 heavy (non-hydrogen) atoms. The fourth-order valence-corrected chi connectivity index (χ4v) is 3.22. The number of fused-ring (bicyclic) bond motifs is 1. The highest BCUT2D eigenvalue weighted by atomic mass is 35.5. The van der Waals surface area contributed by atoms with Crippen LogP contribution in [-0.2, 0) is 12.8 Å². The Morgan fingerprint density at radius 3 is 2.70 bits per heavy atom. The molecule has 7 heteroatoms. The van der Waals surface area contributed by atoms with Gasteiger partial charge in [0, 0.05) is 42.4 Å². The summed E-state index contributed by atoms with van der Waals surface area (Å²) < 4.78 is 14.4. The van der Waals surface area contributed by atoms with Crippen molar-refractivity contribution in [2.24, 2.45) is 0 Å². The van der Waals surface area contributed by atoms with Crippen LogP contribution in [-0.4, -0.2) is 19.9 Å². The van der Waals surface area contributed by atoms with Crippen LogP contribution in [0.3, 0.4) is 0 Å². The van der Waals surface area contributed by atoms with E-state index in [9.17, 15) is 4.39 Å². The minimum Gasteiger partial charge on any atom is -0.383 e. The van der Waals surface area contributed by atoms with Gasteiger partial charge in [0.25, 0.3) is 0 Å². The Morgan fingerprint density at radius 2 is 1.93 bits per heavy atom. The summed E-state index contributed by atoms with van der Waals surface area (Å²) >= 11 is 5.82. The molecule has 0 bridgehead atoms. The summed E-state index contributed by atoms with van der Waals surface area (Å²) in [4.78, 5) is 15.5. The number of halogens is 2. The zero-order valence-corrected chi connectivity index (χ0v) is 15.4. The lowest BCUT2D eigenvalue weighted by Crippen LogP contribution is -2.05. The van der Waals surface area contributed by atoms with Gasteiger partial charge >= 0.3 is 0 Å². The van der Waals surface area contributed by atoms with Crippen molar-refractivity contribution in [3.8, 4) is 0 Å². The topological polar surface area (TPSA) is 80.5 Å². The molecule has 0 saturated heterocycles. The number of nitrogens with zero attached hydrogens (tertiary/aromatic N) is 3. The Labute approximate surface area is 160 Å². The first-order valence-corrected chi connectivity index (χ1v) is 8.84. The van der Waals surface area contributed by atoms with Crippen LogP contribution in [0.2, 0.25) is 5.15 Å². The van der Waals surface area contributed by atoms with Gasteiger partial charge in [0.05, 0.1) is 0 Å². The van der Waals surface area contributed by atoms with Gasteiger partial charge in [0.2, 0.25) is 5.95 Å². The first-order chi connectivity index (χ1) is 13.0. The molecule has 4 heterocycles. The zero-order valence-electron chi connectivity index (χ0n) is 14.6. The molecule has 0 saturated carbocycles. The third kappa shape index (κ3) is 3.61. The molecule has 0 amide bonds. The fraction of sp³-hybridized carbons (Fsp3) is 0.150. The molecule has 4 rings (SSSR count). The van der Waals surface area contributed by atoms with Crippen molar-refractivity contribution in [3.05, 3.63) is 81.8 Å². The standard InChI is InChI=1S/C20H17ClFN5/c1-11-4-16-15(10-26-20(16)25-8-11)7-13-6-14(19(23)27-18(13)22)5-12-2-3-17(21)24-9-12/h2-4,6,8-10H,5,7H2,1H3,(H2,23,27)(H,25,26). The van der Waals surface area contributed by atoms with Crippen LogP contribution in [0.4, 0.5) is 10.2 Å². The average molecular weight is 382 g/mol. The second-order valence-corrected chi connectivity index (χ2v) is 6.94. The van der Waals surface area contributed by atoms with E-state index in [1.165, 1.54) is 0 Å². The first kappa shape index (κ1) is 17.4. The zero-order chi connectivity index (χ0) is 19.0. The predicted octanol–water partition coefficient (Wildman–Crippen LogP) is 4.22. The van der Waals surface area contributed by atoms with Crippen LogP contribution in [0.1, 0.15) is 27.8 Å². The molecule has 0 atom stereocenters. The number of aromatic amines is 1. The summed E-state index contributed by atoms with van der Waals surface area (Å²) in [6.45, 7) is 1.98. The molecule has 0 spiro atoms. The van der Waals surface area contributed by atoms with Gasteiger partial charge in [-0.1, -0.05) is 17.7 Å². The van der Waals surface area contributed by atoms with Crippen molar-refractivity contribution in [2.45, 2.75) is 19.8 Å². The number of rotatable bonds is 4. The molecule has 0 aliphatic carbocycles. The van der Waals surface area contributed by atoms with Crippen LogP contribution >= 0.6 is 11.6 Å². The Kier molecular flexibility index (Phi) is 4.49. The summed E-state index contributed by atoms with van der Waals surface area (Å²) in [5.74, 6) is -0.372. The number of H-pyrrole nitrogens is 1. The normalized spacial score (nSPS) is 11.2. The third-order valence-corrected chi connectivity index (χ3v) is 4.70. The van der Waals surface area contributed by atoms with Gasteiger partial charge in [-0.3, -0.25) is 0 Å². The van der Waals surface area contributed by atoms with E-state index < -0.39 is 5.95 Å². The third-order valence-electron chi connectivity index (χ3n) is 4.48. The lowest BCUT2D eigenvalue weighted by atomic mass is 10.0. The molecule has 0 unspecified atom stereocenters. The minimum absolute atomic E-state index is 0.183. The maximum absolute atomic E-state index is 14.4. The van der Waals surface area contributed by atoms with Gasteiger partial charge in [-0.05, 0) is 47.4 Å². The van der Waals surface area contributed by atoms with Crippen molar-refractivity contribution < 1.29 is 4.39 Å². The molecule has 0 aliphatic rings. The van der Waals surface area contributed by atoms with Crippen molar-refractivity contribution in [3.63, 3.8) is 0 Å². The van der Waals surface area contributed by atoms with Gasteiger partial charge in [0.1, 0.15) is 16.6 Å². The van der Waals surface area contributed by atoms with Crippen LogP contribution in [0.25, 0.3) is 11.0 Å². The summed E-state index contributed by atoms with van der Waals surface area (Å²) in [6.07, 6.45) is 6.24. The van der Waals surface area contributed by atoms with E-state index in [1.807, 2.05) is 25.3 Å². The number of aromatic nitrogens is 4. The lowest BCUT2D eigenvalue weighted by molar-refractivity contribution is 0.571. The van der Waals surface area contributed by atoms with E-state index in [1.54, 1.807) is 24.5 Å². The van der Waals surface area contributed by atoms with Gasteiger partial charge < -0.3 is 10.7 Å². The van der Waals surface area contributed by atoms with E-state index in [-0.39, 0.29) is 5.82 Å². The Balaban J connectivity index is 1.68. The van der Waals surface area contributed by atoms with Gasteiger partial charge in [-0.2, -0.15) is 4.39 Å². The van der Waals surface area contributed by atoms with E-state index in [4.69, 9.17) is 17.3 Å². The van der Waals surface area contributed by atoms with Gasteiger partial charge in [-0.25, -0.2) is 15.0 Å². The second kappa shape index (κ2) is 6.96. The van der Waals surface area contributed by atoms with Gasteiger partial charge in [-0.15, -0.1) is 0 Å². The Morgan fingerprint density at radius 1 is 1.07 bits per heavy atom. The molecule has 0 aliphatic heterocycles. The van der Waals surface area contributed by atoms with Gasteiger partial charge in [0.15, 0.2) is 0 Å². The summed E-state index contributed by atoms with van der Waals surface area (Å²) in [5.41, 5.74) is 10.9. The molecule has 0 fully saturated rings. The first-order valence-electron chi connectivity index (χ1n) is 8.46. The highest BCUT2D eigenvalue weighted by Crippen LogP contribution is 2.24. The Bertz CT molecular complexity index is 1120. The van der Waals surface area contributed by atoms with Crippen LogP contribution < -0.4 is 5.73 Å². The maximum Gasteiger partial charge on any atom is 0.218 e. The largest absolute Gasteiger partial charge is 0.383 e. The van der Waals surface area contributed by atoms with Crippen molar-refractivity contribution >= 4 is 28.5 Å². The molecule has 4 aromatic heterocycles. The molecule has 5 nitrogen and oxygen atoms in total. The molecular formula is C20H17ClFN5. The predicted molar refractivity (Wildman–Crippen MR) is 104 cm³/mol. The number of aryl methyl sites for hydroxylation is 1. The summed E-state index contributed by atoms with van der Waals surface area (Å²) in [6, 6.07) is 7.39. The number of nitrogens with two attached hydrogens (primary N) is 1. The average Bonchev–Trinajstić information content (AvgIpc) is 3.03. The molecule has 136 valence electrons. The number of nitrogen functional groups attached to an aromatic ring is 1. The number of pyridine rings is 3. The van der Waals surface area contributed by atoms with Crippen molar-refractivity contribution in [1.82, 2.24) is 19.9 Å².